The van der Waals surface area contributed by atoms with Crippen molar-refractivity contribution in [3.8, 4) is 0 Å². The number of carbonyl (C=O) groups excluding carboxylic acids is 9. The highest BCUT2D eigenvalue weighted by molar-refractivity contribution is 5.98. The predicted octanol–water partition coefficient (Wildman–Crippen LogP) is -7.14. The first-order valence-corrected chi connectivity index (χ1v) is 23.9. The number of aliphatic hydroxyl groups is 1. The van der Waals surface area contributed by atoms with Crippen LogP contribution in [0.25, 0.3) is 0 Å². The summed E-state index contributed by atoms with van der Waals surface area (Å²) in [7, 11) is 0. The summed E-state index contributed by atoms with van der Waals surface area (Å²) in [5.74, 6) is -14.3. The minimum atomic E-state index is -1.86. The summed E-state index contributed by atoms with van der Waals surface area (Å²) in [5.41, 5.74) is 32.8. The normalized spacial score (nSPS) is 14.6. The molecule has 0 unspecified atom stereocenters. The van der Waals surface area contributed by atoms with Crippen LogP contribution < -0.4 is 76.9 Å². The maximum atomic E-state index is 13.8. The molecule has 0 aromatic heterocycles. The number of rotatable bonds is 39. The number of unbranched alkanes of at least 4 members (excludes halogenated alkanes) is 2. The second-order valence-corrected chi connectivity index (χ2v) is 17.5. The number of aliphatic hydroxyl groups excluding tert-OH is 1. The van der Waals surface area contributed by atoms with Gasteiger partial charge in [0.25, 0.3) is 0 Å². The van der Waals surface area contributed by atoms with Gasteiger partial charge < -0.3 is 97.4 Å². The smallest absolute Gasteiger partial charge is 0.326 e. The number of carboxylic acids is 3. The van der Waals surface area contributed by atoms with Gasteiger partial charge in [0.15, 0.2) is 5.96 Å². The van der Waals surface area contributed by atoms with Crippen LogP contribution in [-0.2, 0) is 57.5 Å². The molecule has 0 aromatic rings. The molecule has 0 radical (unpaired) electrons. The van der Waals surface area contributed by atoms with E-state index < -0.39 is 164 Å². The first kappa shape index (κ1) is 66.8. The summed E-state index contributed by atoms with van der Waals surface area (Å²) in [6, 6.07) is -13.8. The van der Waals surface area contributed by atoms with Crippen LogP contribution in [0.4, 0.5) is 0 Å². The molecule has 0 heterocycles. The topological polar surface area (TPSA) is 550 Å². The highest BCUT2D eigenvalue weighted by Crippen LogP contribution is 2.10. The van der Waals surface area contributed by atoms with Crippen molar-refractivity contribution in [1.82, 2.24) is 42.5 Å². The number of nitrogens with two attached hydrogens (primary N) is 6. The number of guanidine groups is 1. The average molecular weight is 1060 g/mol. The molecule has 0 rings (SSSR count). The molecule has 9 atom stereocenters. The van der Waals surface area contributed by atoms with Gasteiger partial charge in [0.05, 0.1) is 19.1 Å². The van der Waals surface area contributed by atoms with Crippen molar-refractivity contribution in [3.63, 3.8) is 0 Å². The molecule has 0 saturated heterocycles. The monoisotopic (exact) mass is 1060 g/mol. The Bertz CT molecular complexity index is 1950. The van der Waals surface area contributed by atoms with Crippen molar-refractivity contribution in [2.75, 3.05) is 26.2 Å². The van der Waals surface area contributed by atoms with E-state index in [0.29, 0.717) is 19.3 Å². The van der Waals surface area contributed by atoms with Gasteiger partial charge in [-0.25, -0.2) is 4.79 Å². The number of nitrogens with one attached hydrogen (secondary N) is 8. The Morgan fingerprint density at radius 1 is 0.473 bits per heavy atom. The molecule has 420 valence electrons. The van der Waals surface area contributed by atoms with Crippen molar-refractivity contribution in [3.05, 3.63) is 0 Å². The van der Waals surface area contributed by atoms with E-state index in [1.165, 1.54) is 20.8 Å². The Morgan fingerprint density at radius 3 is 1.34 bits per heavy atom. The molecular weight excluding hydrogens is 983 g/mol. The van der Waals surface area contributed by atoms with Gasteiger partial charge in [-0.1, -0.05) is 13.8 Å². The van der Waals surface area contributed by atoms with Crippen LogP contribution in [0.1, 0.15) is 104 Å². The molecule has 0 aromatic carbocycles. The van der Waals surface area contributed by atoms with E-state index >= 15 is 0 Å². The van der Waals surface area contributed by atoms with Crippen LogP contribution >= 0.6 is 0 Å². The first-order valence-electron chi connectivity index (χ1n) is 23.9. The van der Waals surface area contributed by atoms with Gasteiger partial charge >= 0.3 is 17.9 Å². The number of hydrogen-bond donors (Lipinski definition) is 18. The van der Waals surface area contributed by atoms with Crippen molar-refractivity contribution < 1.29 is 78.0 Å². The van der Waals surface area contributed by atoms with Crippen LogP contribution in [0, 0.1) is 5.92 Å². The Kier molecular flexibility index (Phi) is 32.3. The van der Waals surface area contributed by atoms with Gasteiger partial charge in [-0.2, -0.15) is 0 Å². The lowest BCUT2D eigenvalue weighted by Crippen LogP contribution is -2.61. The third-order valence-electron chi connectivity index (χ3n) is 10.9. The van der Waals surface area contributed by atoms with Gasteiger partial charge in [-0.15, -0.1) is 0 Å². The molecule has 0 aliphatic heterocycles. The largest absolute Gasteiger partial charge is 0.481 e. The fraction of sp³-hybridized carbons (Fsp3) is 0.698. The molecule has 9 amide bonds. The molecule has 74 heavy (non-hydrogen) atoms. The third-order valence-corrected chi connectivity index (χ3v) is 10.9. The number of aliphatic carboxylic acids is 3. The van der Waals surface area contributed by atoms with Gasteiger partial charge in [0.1, 0.15) is 48.3 Å². The summed E-state index contributed by atoms with van der Waals surface area (Å²) in [6.07, 6.45) is -1.67. The third kappa shape index (κ3) is 27.5. The molecule has 0 aliphatic carbocycles. The molecule has 24 N–H and O–H groups in total. The zero-order valence-corrected chi connectivity index (χ0v) is 41.9. The van der Waals surface area contributed by atoms with Gasteiger partial charge in [-0.05, 0) is 90.1 Å². The van der Waals surface area contributed by atoms with E-state index in [0.717, 1.165) is 0 Å². The standard InChI is InChI=1S/C43H77N15O16/c1-21(2)33(41(72)55-26(12-14-30(47)60)38(69)56-28(42(73)74)10-5-7-17-45)58-39(70)27(13-15-31(61)62)54-40(71)29(20-59)57-37(68)24(9-4-6-16-44)53-36(67)25(11-8-18-50-43(48)49)52-34(65)22(3)51-35(66)23(46)19-32(63)64/h21-29,33,59H,4-20,44-46H2,1-3H3,(H2,47,60)(H,51,66)(H,52,65)(H,53,67)(H,54,71)(H,55,72)(H,56,69)(H,57,68)(H,58,70)(H,61,62)(H,63,64)(H,73,74)(H4,48,49,50)/t22-,23-,24-,25-,26-,27-,28-,29-,33-/m0/s1. The van der Waals surface area contributed by atoms with Crippen LogP contribution in [0.15, 0.2) is 4.99 Å². The Hall–Kier alpha value is -7.25. The Balaban J connectivity index is 6.55. The molecule has 0 bridgehead atoms. The maximum Gasteiger partial charge on any atom is 0.326 e. The summed E-state index contributed by atoms with van der Waals surface area (Å²) < 4.78 is 0. The highest BCUT2D eigenvalue weighted by atomic mass is 16.4. The number of aliphatic imine (C=N–C) groups is 1. The molecular formula is C43H77N15O16. The Labute approximate surface area is 427 Å². The van der Waals surface area contributed by atoms with E-state index in [1.807, 2.05) is 0 Å². The first-order chi connectivity index (χ1) is 34.7. The van der Waals surface area contributed by atoms with E-state index in [9.17, 15) is 72.9 Å². The van der Waals surface area contributed by atoms with Crippen LogP contribution in [0.2, 0.25) is 0 Å². The van der Waals surface area contributed by atoms with Crippen molar-refractivity contribution in [2.45, 2.75) is 159 Å². The second-order valence-electron chi connectivity index (χ2n) is 17.5. The number of nitrogens with zero attached hydrogens (tertiary/aromatic N) is 1. The maximum absolute atomic E-state index is 13.8. The van der Waals surface area contributed by atoms with E-state index in [2.05, 4.69) is 47.5 Å². The van der Waals surface area contributed by atoms with Crippen molar-refractivity contribution in [1.29, 1.82) is 0 Å². The lowest BCUT2D eigenvalue weighted by Gasteiger charge is -2.28. The lowest BCUT2D eigenvalue weighted by molar-refractivity contribution is -0.143. The number of primary amides is 1. The molecule has 31 heteroatoms. The van der Waals surface area contributed by atoms with Crippen molar-refractivity contribution in [2.24, 2.45) is 45.3 Å². The van der Waals surface area contributed by atoms with E-state index in [-0.39, 0.29) is 64.1 Å². The lowest BCUT2D eigenvalue weighted by atomic mass is 10.0. The molecule has 0 fully saturated rings. The van der Waals surface area contributed by atoms with E-state index in [1.54, 1.807) is 0 Å². The van der Waals surface area contributed by atoms with Crippen molar-refractivity contribution >= 4 is 77.0 Å². The average Bonchev–Trinajstić information content (AvgIpc) is 3.31. The number of carboxylic acid groups (broad SMARTS) is 3. The minimum absolute atomic E-state index is 0.00645. The van der Waals surface area contributed by atoms with Gasteiger partial charge in [-0.3, -0.25) is 57.7 Å². The van der Waals surface area contributed by atoms with Crippen LogP contribution in [0.3, 0.4) is 0 Å². The second kappa shape index (κ2) is 35.8. The minimum Gasteiger partial charge on any atom is -0.481 e. The van der Waals surface area contributed by atoms with Crippen LogP contribution in [-0.4, -0.2) is 178 Å². The Morgan fingerprint density at radius 2 is 0.892 bits per heavy atom. The molecule has 0 aliphatic rings. The zero-order valence-electron chi connectivity index (χ0n) is 41.9. The number of amides is 9. The van der Waals surface area contributed by atoms with Gasteiger partial charge in [0.2, 0.25) is 53.2 Å². The number of hydrogen-bond acceptors (Lipinski definition) is 17. The zero-order chi connectivity index (χ0) is 56.7. The van der Waals surface area contributed by atoms with Gasteiger partial charge in [0, 0.05) is 19.4 Å². The molecule has 0 saturated carbocycles. The molecule has 0 spiro atoms. The summed E-state index contributed by atoms with van der Waals surface area (Å²) in [4.78, 5) is 158. The van der Waals surface area contributed by atoms with Crippen LogP contribution in [0.5, 0.6) is 0 Å². The quantitative estimate of drug-likeness (QED) is 0.0154. The summed E-state index contributed by atoms with van der Waals surface area (Å²) in [5, 5.41) is 57.2. The molecule has 31 nitrogen and oxygen atoms in total. The highest BCUT2D eigenvalue weighted by Gasteiger charge is 2.35. The number of carbonyl (C=O) groups is 12. The SMILES string of the molecule is CC(C)[C@H](NC(=O)[C@H](CCC(=O)O)NC(=O)[C@H](CO)NC(=O)[C@H](CCCCN)NC(=O)[C@H](CCCN=C(N)N)NC(=O)[C@H](C)NC(=O)[C@@H](N)CC(=O)O)C(=O)N[C@@H](CCC(N)=O)C(=O)N[C@@H](CCCCN)C(=O)O. The summed E-state index contributed by atoms with van der Waals surface area (Å²) >= 11 is 0. The predicted molar refractivity (Wildman–Crippen MR) is 262 cm³/mol. The fourth-order valence-electron chi connectivity index (χ4n) is 6.67. The fourth-order valence-corrected chi connectivity index (χ4v) is 6.67. The summed E-state index contributed by atoms with van der Waals surface area (Å²) in [6.45, 7) is 3.51. The van der Waals surface area contributed by atoms with E-state index in [4.69, 9.17) is 39.5 Å².